The molecule has 0 atom stereocenters. The van der Waals surface area contributed by atoms with Gasteiger partial charge in [0.1, 0.15) is 18.0 Å². The summed E-state index contributed by atoms with van der Waals surface area (Å²) in [6, 6.07) is 7.76. The summed E-state index contributed by atoms with van der Waals surface area (Å²) in [5, 5.41) is 11.7. The highest BCUT2D eigenvalue weighted by molar-refractivity contribution is 6.16. The van der Waals surface area contributed by atoms with Gasteiger partial charge in [-0.3, -0.25) is 5.41 Å². The highest BCUT2D eigenvalue weighted by Gasteiger charge is 2.19. The maximum absolute atomic E-state index is 8.43. The second-order valence-corrected chi connectivity index (χ2v) is 6.10. The molecule has 0 amide bonds. The molecule has 0 fully saturated rings. The summed E-state index contributed by atoms with van der Waals surface area (Å²) in [5.74, 6) is 0.892. The van der Waals surface area contributed by atoms with Gasteiger partial charge in [-0.1, -0.05) is 29.8 Å². The molecule has 1 aromatic heterocycles. The van der Waals surface area contributed by atoms with E-state index in [1.54, 1.807) is 0 Å². The summed E-state index contributed by atoms with van der Waals surface area (Å²) < 4.78 is 0. The fourth-order valence-electron chi connectivity index (χ4n) is 1.96. The van der Waals surface area contributed by atoms with Crippen LogP contribution in [0.15, 0.2) is 30.6 Å². The molecule has 5 heteroatoms. The van der Waals surface area contributed by atoms with Gasteiger partial charge in [0.15, 0.2) is 0 Å². The van der Waals surface area contributed by atoms with Crippen LogP contribution in [-0.2, 0) is 0 Å². The van der Waals surface area contributed by atoms with E-state index in [4.69, 9.17) is 11.1 Å². The first-order valence-electron chi connectivity index (χ1n) is 6.82. The van der Waals surface area contributed by atoms with Gasteiger partial charge in [-0.2, -0.15) is 0 Å². The number of aromatic nitrogens is 2. The maximum atomic E-state index is 8.43. The van der Waals surface area contributed by atoms with Crippen molar-refractivity contribution >= 4 is 17.3 Å². The molecule has 0 aliphatic carbocycles. The Hall–Kier alpha value is -2.43. The fourth-order valence-corrected chi connectivity index (χ4v) is 1.96. The molecule has 21 heavy (non-hydrogen) atoms. The van der Waals surface area contributed by atoms with E-state index in [0.29, 0.717) is 22.9 Å². The SMILES string of the molecule is Cc1ccc(C(=N)c2c(N)ncnc2NC(C)(C)C)cc1. The van der Waals surface area contributed by atoms with Gasteiger partial charge in [0.2, 0.25) is 0 Å². The monoisotopic (exact) mass is 283 g/mol. The highest BCUT2D eigenvalue weighted by Crippen LogP contribution is 2.24. The van der Waals surface area contributed by atoms with Crippen LogP contribution >= 0.6 is 0 Å². The van der Waals surface area contributed by atoms with Crippen molar-refractivity contribution in [1.29, 1.82) is 5.41 Å². The summed E-state index contributed by atoms with van der Waals surface area (Å²) in [6.45, 7) is 8.11. The van der Waals surface area contributed by atoms with Gasteiger partial charge in [0.05, 0.1) is 11.3 Å². The molecular weight excluding hydrogens is 262 g/mol. The predicted octanol–water partition coefficient (Wildman–Crippen LogP) is 2.99. The Morgan fingerprint density at radius 3 is 2.33 bits per heavy atom. The largest absolute Gasteiger partial charge is 0.383 e. The molecule has 0 unspecified atom stereocenters. The van der Waals surface area contributed by atoms with Crippen molar-refractivity contribution in [3.8, 4) is 0 Å². The van der Waals surface area contributed by atoms with Gasteiger partial charge < -0.3 is 11.1 Å². The Bertz CT molecular complexity index is 653. The predicted molar refractivity (Wildman–Crippen MR) is 86.9 cm³/mol. The first-order chi connectivity index (χ1) is 9.78. The zero-order valence-electron chi connectivity index (χ0n) is 12.9. The molecule has 4 N–H and O–H groups in total. The van der Waals surface area contributed by atoms with Crippen LogP contribution in [0, 0.1) is 12.3 Å². The average Bonchev–Trinajstić information content (AvgIpc) is 2.37. The Morgan fingerprint density at radius 2 is 1.76 bits per heavy atom. The third-order valence-corrected chi connectivity index (χ3v) is 2.96. The third kappa shape index (κ3) is 3.56. The summed E-state index contributed by atoms with van der Waals surface area (Å²) in [7, 11) is 0. The molecular formula is C16H21N5. The molecule has 1 heterocycles. The maximum Gasteiger partial charge on any atom is 0.141 e. The van der Waals surface area contributed by atoms with Crippen molar-refractivity contribution < 1.29 is 0 Å². The third-order valence-electron chi connectivity index (χ3n) is 2.96. The topological polar surface area (TPSA) is 87.7 Å². The van der Waals surface area contributed by atoms with Crippen molar-refractivity contribution in [2.24, 2.45) is 0 Å². The van der Waals surface area contributed by atoms with E-state index in [0.717, 1.165) is 11.1 Å². The standard InChI is InChI=1S/C16H21N5/c1-10-5-7-11(8-6-10)13(17)12-14(18)19-9-20-15(12)21-16(2,3)4/h5-9,17H,1-4H3,(H3,18,19,20,21). The van der Waals surface area contributed by atoms with E-state index in [1.807, 2.05) is 52.0 Å². The second-order valence-electron chi connectivity index (χ2n) is 6.10. The van der Waals surface area contributed by atoms with E-state index < -0.39 is 0 Å². The fraction of sp³-hybridized carbons (Fsp3) is 0.312. The number of benzene rings is 1. The highest BCUT2D eigenvalue weighted by atomic mass is 15.1. The van der Waals surface area contributed by atoms with E-state index in [9.17, 15) is 0 Å². The summed E-state index contributed by atoms with van der Waals surface area (Å²) in [6.07, 6.45) is 1.41. The summed E-state index contributed by atoms with van der Waals surface area (Å²) >= 11 is 0. The van der Waals surface area contributed by atoms with Crippen molar-refractivity contribution in [2.45, 2.75) is 33.2 Å². The van der Waals surface area contributed by atoms with Crippen LogP contribution in [0.5, 0.6) is 0 Å². The van der Waals surface area contributed by atoms with Crippen LogP contribution in [0.4, 0.5) is 11.6 Å². The Morgan fingerprint density at radius 1 is 1.14 bits per heavy atom. The lowest BCUT2D eigenvalue weighted by molar-refractivity contribution is 0.630. The Labute approximate surface area is 125 Å². The van der Waals surface area contributed by atoms with Gasteiger partial charge in [0.25, 0.3) is 0 Å². The van der Waals surface area contributed by atoms with Crippen molar-refractivity contribution in [3.63, 3.8) is 0 Å². The van der Waals surface area contributed by atoms with Gasteiger partial charge in [-0.05, 0) is 27.7 Å². The lowest BCUT2D eigenvalue weighted by atomic mass is 10.0. The molecule has 2 rings (SSSR count). The molecule has 1 aromatic carbocycles. The van der Waals surface area contributed by atoms with Gasteiger partial charge in [-0.15, -0.1) is 0 Å². The molecule has 0 radical (unpaired) electrons. The van der Waals surface area contributed by atoms with Crippen LogP contribution in [0.3, 0.4) is 0 Å². The van der Waals surface area contributed by atoms with Gasteiger partial charge >= 0.3 is 0 Å². The number of nitrogens with one attached hydrogen (secondary N) is 2. The summed E-state index contributed by atoms with van der Waals surface area (Å²) in [5.41, 5.74) is 8.60. The minimum absolute atomic E-state index is 0.177. The normalized spacial score (nSPS) is 11.2. The van der Waals surface area contributed by atoms with E-state index >= 15 is 0 Å². The number of anilines is 2. The molecule has 0 bridgehead atoms. The zero-order chi connectivity index (χ0) is 15.6. The zero-order valence-corrected chi connectivity index (χ0v) is 12.9. The van der Waals surface area contributed by atoms with Crippen LogP contribution in [0.2, 0.25) is 0 Å². The van der Waals surface area contributed by atoms with Crippen LogP contribution in [0.25, 0.3) is 0 Å². The number of rotatable bonds is 3. The number of hydrogen-bond acceptors (Lipinski definition) is 5. The summed E-state index contributed by atoms with van der Waals surface area (Å²) in [4.78, 5) is 8.27. The van der Waals surface area contributed by atoms with Crippen molar-refractivity contribution in [1.82, 2.24) is 9.97 Å². The molecule has 5 nitrogen and oxygen atoms in total. The van der Waals surface area contributed by atoms with Crippen LogP contribution < -0.4 is 11.1 Å². The van der Waals surface area contributed by atoms with Crippen LogP contribution in [0.1, 0.15) is 37.5 Å². The number of nitrogens with zero attached hydrogens (tertiary/aromatic N) is 2. The minimum atomic E-state index is -0.177. The number of nitrogen functional groups attached to an aromatic ring is 1. The van der Waals surface area contributed by atoms with Crippen molar-refractivity contribution in [3.05, 3.63) is 47.3 Å². The van der Waals surface area contributed by atoms with Gasteiger partial charge in [0, 0.05) is 11.1 Å². The number of hydrogen-bond donors (Lipinski definition) is 3. The first-order valence-corrected chi connectivity index (χ1v) is 6.82. The molecule has 2 aromatic rings. The molecule has 0 aliphatic heterocycles. The second kappa shape index (κ2) is 5.52. The Kier molecular flexibility index (Phi) is 3.93. The van der Waals surface area contributed by atoms with Crippen molar-refractivity contribution in [2.75, 3.05) is 11.1 Å². The molecule has 0 saturated carbocycles. The molecule has 0 aliphatic rings. The smallest absolute Gasteiger partial charge is 0.141 e. The van der Waals surface area contributed by atoms with E-state index in [2.05, 4.69) is 15.3 Å². The lowest BCUT2D eigenvalue weighted by Crippen LogP contribution is -2.28. The van der Waals surface area contributed by atoms with Gasteiger partial charge in [-0.25, -0.2) is 9.97 Å². The van der Waals surface area contributed by atoms with E-state index in [-0.39, 0.29) is 5.54 Å². The van der Waals surface area contributed by atoms with E-state index in [1.165, 1.54) is 6.33 Å². The average molecular weight is 283 g/mol. The lowest BCUT2D eigenvalue weighted by Gasteiger charge is -2.23. The van der Waals surface area contributed by atoms with Crippen LogP contribution in [-0.4, -0.2) is 21.2 Å². The first kappa shape index (κ1) is 15.0. The number of nitrogens with two attached hydrogens (primary N) is 1. The molecule has 110 valence electrons. The molecule has 0 saturated heterocycles. The Balaban J connectivity index is 2.47. The molecule has 0 spiro atoms. The quantitative estimate of drug-likeness (QED) is 0.756. The number of aryl methyl sites for hydroxylation is 1. The minimum Gasteiger partial charge on any atom is -0.383 e.